The van der Waals surface area contributed by atoms with E-state index in [1.165, 1.54) is 11.8 Å². The van der Waals surface area contributed by atoms with Gasteiger partial charge in [0.15, 0.2) is 0 Å². The molecule has 5 rings (SSSR count). The van der Waals surface area contributed by atoms with E-state index in [4.69, 9.17) is 9.47 Å². The van der Waals surface area contributed by atoms with E-state index >= 15 is 0 Å². The number of nitrogens with one attached hydrogen (secondary N) is 3. The summed E-state index contributed by atoms with van der Waals surface area (Å²) in [7, 11) is 1.59. The fourth-order valence-corrected chi connectivity index (χ4v) is 5.69. The number of hydrogen-bond donors (Lipinski definition) is 3. The number of methoxy groups -OCH3 is 1. The standard InChI is InChI=1S/C39H35N3O5S/c1-3-47-33-20-14-27(15-21-33)26-35(42-37(43)29-12-8-5-9-13-29)38(44)40-31-18-24-34(25-19-31)48-36(28-10-6-4-7-11-28)39(45)41-30-16-22-32(46-2)23-17-30/h4-26,36H,3H2,1-2H3,(H,40,44)(H,41,45)(H,42,43)/b35-26-. The summed E-state index contributed by atoms with van der Waals surface area (Å²) in [5.41, 5.74) is 3.25. The fraction of sp³-hybridized carbons (Fsp3) is 0.103. The van der Waals surface area contributed by atoms with Crippen LogP contribution in [0.25, 0.3) is 6.08 Å². The molecule has 0 fully saturated rings. The zero-order chi connectivity index (χ0) is 33.7. The van der Waals surface area contributed by atoms with E-state index in [1.807, 2.05) is 67.6 Å². The van der Waals surface area contributed by atoms with Gasteiger partial charge in [-0.2, -0.15) is 0 Å². The average Bonchev–Trinajstić information content (AvgIpc) is 3.13. The van der Waals surface area contributed by atoms with Crippen LogP contribution < -0.4 is 25.4 Å². The van der Waals surface area contributed by atoms with Crippen molar-refractivity contribution in [3.8, 4) is 11.5 Å². The number of anilines is 2. The Morgan fingerprint density at radius 1 is 0.708 bits per heavy atom. The topological polar surface area (TPSA) is 106 Å². The molecule has 0 saturated carbocycles. The van der Waals surface area contributed by atoms with E-state index in [9.17, 15) is 14.4 Å². The third kappa shape index (κ3) is 9.37. The monoisotopic (exact) mass is 657 g/mol. The first-order chi connectivity index (χ1) is 23.4. The van der Waals surface area contributed by atoms with Crippen LogP contribution >= 0.6 is 11.8 Å². The molecule has 0 heterocycles. The Kier molecular flexibility index (Phi) is 11.7. The van der Waals surface area contributed by atoms with Crippen molar-refractivity contribution in [2.45, 2.75) is 17.1 Å². The Hall–Kier alpha value is -5.80. The molecule has 1 atom stereocenters. The predicted octanol–water partition coefficient (Wildman–Crippen LogP) is 7.98. The maximum atomic E-state index is 13.5. The first kappa shape index (κ1) is 33.6. The van der Waals surface area contributed by atoms with Crippen LogP contribution in [0.1, 0.15) is 33.7 Å². The lowest BCUT2D eigenvalue weighted by Gasteiger charge is -2.18. The smallest absolute Gasteiger partial charge is 0.272 e. The summed E-state index contributed by atoms with van der Waals surface area (Å²) in [5, 5.41) is 8.10. The molecule has 1 unspecified atom stereocenters. The minimum Gasteiger partial charge on any atom is -0.497 e. The molecule has 8 nitrogen and oxygen atoms in total. The fourth-order valence-electron chi connectivity index (χ4n) is 4.67. The summed E-state index contributed by atoms with van der Waals surface area (Å²) in [6.45, 7) is 2.44. The van der Waals surface area contributed by atoms with Crippen molar-refractivity contribution < 1.29 is 23.9 Å². The Labute approximate surface area is 284 Å². The Morgan fingerprint density at radius 3 is 1.92 bits per heavy atom. The summed E-state index contributed by atoms with van der Waals surface area (Å²) in [4.78, 5) is 40.8. The van der Waals surface area contributed by atoms with Crippen LogP contribution in [0.5, 0.6) is 11.5 Å². The van der Waals surface area contributed by atoms with Gasteiger partial charge in [0, 0.05) is 21.8 Å². The van der Waals surface area contributed by atoms with Crippen molar-refractivity contribution in [3.05, 3.63) is 156 Å². The highest BCUT2D eigenvalue weighted by Crippen LogP contribution is 2.37. The molecule has 0 aliphatic rings. The van der Waals surface area contributed by atoms with Crippen molar-refractivity contribution in [1.29, 1.82) is 0 Å². The quantitative estimate of drug-likeness (QED) is 0.0876. The van der Waals surface area contributed by atoms with E-state index in [0.29, 0.717) is 40.6 Å². The number of benzene rings is 5. The maximum absolute atomic E-state index is 13.5. The zero-order valence-corrected chi connectivity index (χ0v) is 27.3. The highest BCUT2D eigenvalue weighted by atomic mass is 32.2. The second-order valence-electron chi connectivity index (χ2n) is 10.5. The van der Waals surface area contributed by atoms with Crippen LogP contribution in [-0.4, -0.2) is 31.4 Å². The number of amides is 3. The number of carbonyl (C=O) groups excluding carboxylic acids is 3. The van der Waals surface area contributed by atoms with Gasteiger partial charge in [0.05, 0.1) is 13.7 Å². The van der Waals surface area contributed by atoms with Crippen LogP contribution in [-0.2, 0) is 9.59 Å². The lowest BCUT2D eigenvalue weighted by Crippen LogP contribution is -2.30. The SMILES string of the molecule is CCOc1ccc(/C=C(\NC(=O)c2ccccc2)C(=O)Nc2ccc(SC(C(=O)Nc3ccc(OC)cc3)c3ccccc3)cc2)cc1. The van der Waals surface area contributed by atoms with Crippen molar-refractivity contribution in [2.24, 2.45) is 0 Å². The first-order valence-corrected chi connectivity index (χ1v) is 16.2. The second-order valence-corrected chi connectivity index (χ2v) is 11.7. The van der Waals surface area contributed by atoms with Gasteiger partial charge in [0.25, 0.3) is 11.8 Å². The number of ether oxygens (including phenoxy) is 2. The van der Waals surface area contributed by atoms with Crippen molar-refractivity contribution in [2.75, 3.05) is 24.4 Å². The van der Waals surface area contributed by atoms with Crippen molar-refractivity contribution in [3.63, 3.8) is 0 Å². The lowest BCUT2D eigenvalue weighted by atomic mass is 10.1. The van der Waals surface area contributed by atoms with Gasteiger partial charge in [-0.05, 0) is 96.9 Å². The van der Waals surface area contributed by atoms with E-state index in [0.717, 1.165) is 10.5 Å². The van der Waals surface area contributed by atoms with Gasteiger partial charge < -0.3 is 25.4 Å². The minimum atomic E-state index is -0.536. The van der Waals surface area contributed by atoms with Crippen LogP contribution in [0.4, 0.5) is 11.4 Å². The van der Waals surface area contributed by atoms with E-state index < -0.39 is 17.1 Å². The number of rotatable bonds is 13. The lowest BCUT2D eigenvalue weighted by molar-refractivity contribution is -0.116. The molecule has 0 aliphatic heterocycles. The van der Waals surface area contributed by atoms with Crippen molar-refractivity contribution in [1.82, 2.24) is 5.32 Å². The summed E-state index contributed by atoms with van der Waals surface area (Å²) in [6.07, 6.45) is 1.61. The van der Waals surface area contributed by atoms with E-state index in [2.05, 4.69) is 16.0 Å². The molecule has 9 heteroatoms. The van der Waals surface area contributed by atoms with Crippen LogP contribution in [0.2, 0.25) is 0 Å². The normalized spacial score (nSPS) is 11.6. The van der Waals surface area contributed by atoms with Crippen LogP contribution in [0.15, 0.2) is 144 Å². The third-order valence-corrected chi connectivity index (χ3v) is 8.36. The van der Waals surface area contributed by atoms with Crippen molar-refractivity contribution >= 4 is 46.9 Å². The molecule has 3 N–H and O–H groups in total. The predicted molar refractivity (Wildman–Crippen MR) is 191 cm³/mol. The van der Waals surface area contributed by atoms with Gasteiger partial charge in [-0.3, -0.25) is 14.4 Å². The summed E-state index contributed by atoms with van der Waals surface area (Å²) in [5.74, 6) is 0.335. The highest BCUT2D eigenvalue weighted by Gasteiger charge is 2.23. The summed E-state index contributed by atoms with van der Waals surface area (Å²) >= 11 is 1.40. The van der Waals surface area contributed by atoms with Gasteiger partial charge in [0.2, 0.25) is 5.91 Å². The molecule has 5 aromatic rings. The summed E-state index contributed by atoms with van der Waals surface area (Å²) < 4.78 is 10.7. The molecule has 0 aromatic heterocycles. The zero-order valence-electron chi connectivity index (χ0n) is 26.5. The Morgan fingerprint density at radius 2 is 1.29 bits per heavy atom. The van der Waals surface area contributed by atoms with Gasteiger partial charge in [0.1, 0.15) is 22.4 Å². The molecule has 0 bridgehead atoms. The molecule has 0 radical (unpaired) electrons. The number of hydrogen-bond acceptors (Lipinski definition) is 6. The highest BCUT2D eigenvalue weighted by molar-refractivity contribution is 8.00. The first-order valence-electron chi connectivity index (χ1n) is 15.3. The summed E-state index contributed by atoms with van der Waals surface area (Å²) in [6, 6.07) is 39.9. The molecule has 48 heavy (non-hydrogen) atoms. The van der Waals surface area contributed by atoms with Gasteiger partial charge in [-0.15, -0.1) is 11.8 Å². The minimum absolute atomic E-state index is 0.0748. The van der Waals surface area contributed by atoms with Gasteiger partial charge in [-0.25, -0.2) is 0 Å². The molecule has 3 amide bonds. The second kappa shape index (κ2) is 16.7. The van der Waals surface area contributed by atoms with Gasteiger partial charge >= 0.3 is 0 Å². The van der Waals surface area contributed by atoms with Gasteiger partial charge in [-0.1, -0.05) is 60.7 Å². The molecule has 0 saturated heterocycles. The molecule has 0 spiro atoms. The average molecular weight is 658 g/mol. The van der Waals surface area contributed by atoms with E-state index in [1.54, 1.807) is 86.0 Å². The molecule has 0 aliphatic carbocycles. The Balaban J connectivity index is 1.32. The van der Waals surface area contributed by atoms with Crippen LogP contribution in [0.3, 0.4) is 0 Å². The number of thioether (sulfide) groups is 1. The third-order valence-electron chi connectivity index (χ3n) is 7.10. The molecular formula is C39H35N3O5S. The number of carbonyl (C=O) groups is 3. The molecule has 242 valence electrons. The van der Waals surface area contributed by atoms with Crippen LogP contribution in [0, 0.1) is 0 Å². The molecular weight excluding hydrogens is 623 g/mol. The Bertz CT molecular complexity index is 1850. The molecule has 5 aromatic carbocycles. The van der Waals surface area contributed by atoms with E-state index in [-0.39, 0.29) is 11.6 Å². The largest absolute Gasteiger partial charge is 0.497 e. The maximum Gasteiger partial charge on any atom is 0.272 e.